The van der Waals surface area contributed by atoms with Crippen LogP contribution in [0.5, 0.6) is 0 Å². The van der Waals surface area contributed by atoms with Crippen molar-refractivity contribution in [2.45, 2.75) is 26.3 Å². The lowest BCUT2D eigenvalue weighted by Gasteiger charge is -2.07. The Kier molecular flexibility index (Phi) is 3.16. The molecule has 1 amide bonds. The number of anilines is 1. The van der Waals surface area contributed by atoms with E-state index in [9.17, 15) is 9.59 Å². The average Bonchev–Trinajstić information content (AvgIpc) is 2.80. The molecule has 6 nitrogen and oxygen atoms in total. The van der Waals surface area contributed by atoms with Gasteiger partial charge < -0.3 is 10.1 Å². The Morgan fingerprint density at radius 2 is 2.28 bits per heavy atom. The van der Waals surface area contributed by atoms with Crippen molar-refractivity contribution >= 4 is 34.6 Å². The summed E-state index contributed by atoms with van der Waals surface area (Å²) in [4.78, 5) is 30.9. The Labute approximate surface area is 108 Å². The van der Waals surface area contributed by atoms with Crippen molar-refractivity contribution in [2.75, 3.05) is 11.9 Å². The van der Waals surface area contributed by atoms with E-state index in [1.807, 2.05) is 13.8 Å². The first-order chi connectivity index (χ1) is 8.41. The minimum Gasteiger partial charge on any atom is -0.474 e. The van der Waals surface area contributed by atoms with Gasteiger partial charge in [-0.05, 0) is 13.8 Å². The summed E-state index contributed by atoms with van der Waals surface area (Å²) in [6.07, 6.45) is 0.690. The van der Waals surface area contributed by atoms with Gasteiger partial charge in [0.05, 0.1) is 5.54 Å². The highest BCUT2D eigenvalue weighted by molar-refractivity contribution is 7.17. The summed E-state index contributed by atoms with van der Waals surface area (Å²) in [6, 6.07) is 0. The third-order valence-corrected chi connectivity index (χ3v) is 3.11. The molecule has 0 unspecified atom stereocenters. The van der Waals surface area contributed by atoms with Crippen molar-refractivity contribution < 1.29 is 14.3 Å². The minimum atomic E-state index is -0.312. The molecule has 2 heterocycles. The number of aldehydes is 1. The van der Waals surface area contributed by atoms with Gasteiger partial charge in [0.2, 0.25) is 11.8 Å². The van der Waals surface area contributed by atoms with Crippen LogP contribution in [0.3, 0.4) is 0 Å². The van der Waals surface area contributed by atoms with Crippen molar-refractivity contribution in [2.24, 2.45) is 4.99 Å². The number of hydrogen-bond donors (Lipinski definition) is 1. The normalized spacial score (nSPS) is 16.9. The lowest BCUT2D eigenvalue weighted by molar-refractivity contribution is -0.114. The molecule has 0 saturated carbocycles. The SMILES string of the molecule is CC(=O)Nc1nc(C2=NC(C)(C)CO2)c(C=O)s1. The molecule has 7 heteroatoms. The number of nitrogens with zero attached hydrogens (tertiary/aromatic N) is 2. The number of amides is 1. The van der Waals surface area contributed by atoms with E-state index in [-0.39, 0.29) is 11.4 Å². The van der Waals surface area contributed by atoms with Crippen LogP contribution in [-0.2, 0) is 9.53 Å². The maximum atomic E-state index is 11.0. The molecule has 0 bridgehead atoms. The van der Waals surface area contributed by atoms with Gasteiger partial charge in [0.15, 0.2) is 11.4 Å². The van der Waals surface area contributed by atoms with E-state index in [2.05, 4.69) is 15.3 Å². The Balaban J connectivity index is 2.36. The zero-order chi connectivity index (χ0) is 13.3. The molecule has 0 fully saturated rings. The maximum absolute atomic E-state index is 11.0. The zero-order valence-electron chi connectivity index (χ0n) is 10.3. The summed E-state index contributed by atoms with van der Waals surface area (Å²) in [5, 5.41) is 2.91. The number of carbonyl (C=O) groups excluding carboxylic acids is 2. The number of ether oxygens (including phenoxy) is 1. The molecule has 1 aliphatic rings. The molecule has 1 aromatic rings. The van der Waals surface area contributed by atoms with E-state index in [0.29, 0.717) is 34.5 Å². The highest BCUT2D eigenvalue weighted by Gasteiger charge is 2.30. The van der Waals surface area contributed by atoms with Crippen LogP contribution < -0.4 is 5.32 Å². The topological polar surface area (TPSA) is 80.7 Å². The summed E-state index contributed by atoms with van der Waals surface area (Å²) in [5.74, 6) is 0.123. The molecule has 96 valence electrons. The molecule has 0 saturated heterocycles. The second kappa shape index (κ2) is 4.49. The minimum absolute atomic E-state index is 0.234. The number of thiazole rings is 1. The Morgan fingerprint density at radius 1 is 1.56 bits per heavy atom. The average molecular weight is 267 g/mol. The number of rotatable bonds is 3. The first kappa shape index (κ1) is 12.7. The van der Waals surface area contributed by atoms with Crippen LogP contribution in [0, 0.1) is 0 Å². The van der Waals surface area contributed by atoms with E-state index in [1.165, 1.54) is 6.92 Å². The van der Waals surface area contributed by atoms with Crippen molar-refractivity contribution in [3.05, 3.63) is 10.6 Å². The van der Waals surface area contributed by atoms with Crippen LogP contribution >= 0.6 is 11.3 Å². The zero-order valence-corrected chi connectivity index (χ0v) is 11.1. The van der Waals surface area contributed by atoms with Gasteiger partial charge in [0, 0.05) is 6.92 Å². The molecule has 1 aromatic heterocycles. The highest BCUT2D eigenvalue weighted by atomic mass is 32.1. The molecule has 0 spiro atoms. The van der Waals surface area contributed by atoms with Crippen molar-refractivity contribution in [3.8, 4) is 0 Å². The van der Waals surface area contributed by atoms with Crippen molar-refractivity contribution in [1.29, 1.82) is 0 Å². The second-order valence-corrected chi connectivity index (χ2v) is 5.58. The standard InChI is InChI=1S/C11H13N3O3S/c1-6(16)12-10-13-8(7(4-15)18-10)9-14-11(2,3)5-17-9/h4H,5H2,1-3H3,(H,12,13,16). The quantitative estimate of drug-likeness (QED) is 0.841. The number of hydrogen-bond acceptors (Lipinski definition) is 6. The summed E-state index contributed by atoms with van der Waals surface area (Å²) >= 11 is 1.10. The van der Waals surface area contributed by atoms with Crippen LogP contribution in [0.25, 0.3) is 0 Å². The fourth-order valence-corrected chi connectivity index (χ4v) is 2.29. The molecule has 1 aliphatic heterocycles. The number of nitrogens with one attached hydrogen (secondary N) is 1. The Bertz CT molecular complexity index is 534. The molecule has 0 aromatic carbocycles. The fraction of sp³-hybridized carbons (Fsp3) is 0.455. The number of aliphatic imine (C=N–C) groups is 1. The van der Waals surface area contributed by atoms with Crippen molar-refractivity contribution in [1.82, 2.24) is 4.98 Å². The largest absolute Gasteiger partial charge is 0.474 e. The summed E-state index contributed by atoms with van der Waals surface area (Å²) in [6.45, 7) is 5.70. The van der Waals surface area contributed by atoms with Gasteiger partial charge in [0.1, 0.15) is 17.2 Å². The van der Waals surface area contributed by atoms with Gasteiger partial charge >= 0.3 is 0 Å². The monoisotopic (exact) mass is 267 g/mol. The number of carbonyl (C=O) groups is 2. The fourth-order valence-electron chi connectivity index (χ4n) is 1.47. The molecule has 0 radical (unpaired) electrons. The number of aromatic nitrogens is 1. The van der Waals surface area contributed by atoms with Gasteiger partial charge in [-0.25, -0.2) is 9.98 Å². The third kappa shape index (κ3) is 2.56. The molecule has 1 N–H and O–H groups in total. The third-order valence-electron chi connectivity index (χ3n) is 2.21. The molecule has 0 atom stereocenters. The molecule has 18 heavy (non-hydrogen) atoms. The Hall–Kier alpha value is -1.76. The lowest BCUT2D eigenvalue weighted by atomic mass is 10.1. The van der Waals surface area contributed by atoms with Crippen LogP contribution in [0.2, 0.25) is 0 Å². The van der Waals surface area contributed by atoms with Crippen LogP contribution in [0.15, 0.2) is 4.99 Å². The lowest BCUT2D eigenvalue weighted by Crippen LogP contribution is -2.17. The molecular weight excluding hydrogens is 254 g/mol. The highest BCUT2D eigenvalue weighted by Crippen LogP contribution is 2.26. The predicted molar refractivity (Wildman–Crippen MR) is 68.4 cm³/mol. The van der Waals surface area contributed by atoms with Crippen LogP contribution in [0.4, 0.5) is 5.13 Å². The molecular formula is C11H13N3O3S. The smallest absolute Gasteiger partial charge is 0.237 e. The first-order valence-corrected chi connectivity index (χ1v) is 6.19. The van der Waals surface area contributed by atoms with Gasteiger partial charge in [0.25, 0.3) is 0 Å². The second-order valence-electron chi connectivity index (χ2n) is 4.55. The van der Waals surface area contributed by atoms with Gasteiger partial charge in [-0.2, -0.15) is 0 Å². The summed E-state index contributed by atoms with van der Waals surface area (Å²) in [5.41, 5.74) is 0.0807. The summed E-state index contributed by atoms with van der Waals surface area (Å²) in [7, 11) is 0. The molecule has 2 rings (SSSR count). The Morgan fingerprint density at radius 3 is 2.78 bits per heavy atom. The van der Waals surface area contributed by atoms with Crippen LogP contribution in [-0.4, -0.2) is 35.2 Å². The van der Waals surface area contributed by atoms with E-state index in [4.69, 9.17) is 4.74 Å². The van der Waals surface area contributed by atoms with E-state index >= 15 is 0 Å². The maximum Gasteiger partial charge on any atom is 0.237 e. The van der Waals surface area contributed by atoms with E-state index in [1.54, 1.807) is 0 Å². The molecule has 0 aliphatic carbocycles. The predicted octanol–water partition coefficient (Wildman–Crippen LogP) is 1.47. The van der Waals surface area contributed by atoms with E-state index < -0.39 is 0 Å². The van der Waals surface area contributed by atoms with Crippen molar-refractivity contribution in [3.63, 3.8) is 0 Å². The van der Waals surface area contributed by atoms with Crippen LogP contribution in [0.1, 0.15) is 36.1 Å². The van der Waals surface area contributed by atoms with Gasteiger partial charge in [-0.15, -0.1) is 0 Å². The van der Waals surface area contributed by atoms with Gasteiger partial charge in [-0.1, -0.05) is 11.3 Å². The first-order valence-electron chi connectivity index (χ1n) is 5.38. The van der Waals surface area contributed by atoms with Gasteiger partial charge in [-0.3, -0.25) is 9.59 Å². The summed E-state index contributed by atoms with van der Waals surface area (Å²) < 4.78 is 5.44. The van der Waals surface area contributed by atoms with E-state index in [0.717, 1.165) is 11.3 Å².